The van der Waals surface area contributed by atoms with Crippen LogP contribution in [0.5, 0.6) is 0 Å². The van der Waals surface area contributed by atoms with E-state index in [4.69, 9.17) is 0 Å². The Labute approximate surface area is 255 Å². The van der Waals surface area contributed by atoms with Gasteiger partial charge < -0.3 is 0 Å². The first-order valence-electron chi connectivity index (χ1n) is 15.1. The monoisotopic (exact) mass is 564 g/mol. The van der Waals surface area contributed by atoms with Crippen LogP contribution in [0.3, 0.4) is 0 Å². The second-order valence-corrected chi connectivity index (χ2v) is 12.6. The smallest absolute Gasteiger partial charge is 0.0433 e. The third-order valence-electron chi connectivity index (χ3n) is 9.17. The molecule has 0 spiro atoms. The normalized spacial score (nSPS) is 13.1. The average molecular weight is 565 g/mol. The van der Waals surface area contributed by atoms with Crippen molar-refractivity contribution >= 4 is 64.7 Å². The minimum absolute atomic E-state index is 1.05. The van der Waals surface area contributed by atoms with Gasteiger partial charge in [0.1, 0.15) is 0 Å². The van der Waals surface area contributed by atoms with E-state index in [0.717, 1.165) is 12.8 Å². The lowest BCUT2D eigenvalue weighted by atomic mass is 9.81. The number of allylic oxidation sites excluding steroid dienone is 1. The molecule has 1 heteroatoms. The van der Waals surface area contributed by atoms with E-state index >= 15 is 0 Å². The summed E-state index contributed by atoms with van der Waals surface area (Å²) in [5.74, 6) is 0. The van der Waals surface area contributed by atoms with Crippen LogP contribution in [0, 0.1) is 0 Å². The molecule has 202 valence electrons. The standard InChI is InChI=1S/C42H28S/c1-2-12-28-25-31(24-23-27(28)11-1)41-36-18-5-3-16-34(36)40(35-17-4-6-19-37(35)41)30-14-9-13-29(26-30)32-20-10-21-38-33-15-7-8-22-39(33)43-42(32)38/h1-22,25-26H,23-24H2. The summed E-state index contributed by atoms with van der Waals surface area (Å²) >= 11 is 1.90. The summed E-state index contributed by atoms with van der Waals surface area (Å²) < 4.78 is 2.70. The molecule has 0 saturated carbocycles. The van der Waals surface area contributed by atoms with E-state index in [2.05, 4.69) is 146 Å². The molecule has 0 unspecified atom stereocenters. The van der Waals surface area contributed by atoms with Gasteiger partial charge in [-0.05, 0) is 91.0 Å². The van der Waals surface area contributed by atoms with E-state index in [9.17, 15) is 0 Å². The molecule has 0 radical (unpaired) electrons. The van der Waals surface area contributed by atoms with Crippen molar-refractivity contribution in [2.45, 2.75) is 12.8 Å². The van der Waals surface area contributed by atoms with E-state index in [0.29, 0.717) is 0 Å². The second-order valence-electron chi connectivity index (χ2n) is 11.6. The zero-order valence-electron chi connectivity index (χ0n) is 23.7. The van der Waals surface area contributed by atoms with Crippen molar-refractivity contribution in [1.29, 1.82) is 0 Å². The Hall–Kier alpha value is -4.98. The first-order chi connectivity index (χ1) is 21.3. The molecule has 8 aromatic rings. The molecule has 9 rings (SSSR count). The second kappa shape index (κ2) is 9.80. The molecule has 0 atom stereocenters. The molecule has 0 N–H and O–H groups in total. The fraction of sp³-hybridized carbons (Fsp3) is 0.0476. The first kappa shape index (κ1) is 24.6. The van der Waals surface area contributed by atoms with Gasteiger partial charge in [-0.1, -0.05) is 133 Å². The van der Waals surface area contributed by atoms with Crippen LogP contribution in [0.25, 0.3) is 75.6 Å². The summed E-state index contributed by atoms with van der Waals surface area (Å²) in [4.78, 5) is 0. The molecule has 1 aliphatic carbocycles. The van der Waals surface area contributed by atoms with Gasteiger partial charge >= 0.3 is 0 Å². The Bertz CT molecular complexity index is 2340. The van der Waals surface area contributed by atoms with Crippen molar-refractivity contribution in [3.05, 3.63) is 156 Å². The number of hydrogen-bond donors (Lipinski definition) is 0. The van der Waals surface area contributed by atoms with Crippen molar-refractivity contribution in [2.24, 2.45) is 0 Å². The van der Waals surface area contributed by atoms with E-state index < -0.39 is 0 Å². The summed E-state index contributed by atoms with van der Waals surface area (Å²) in [5, 5.41) is 7.97. The molecule has 0 saturated heterocycles. The predicted octanol–water partition coefficient (Wildman–Crippen LogP) is 12.2. The highest BCUT2D eigenvalue weighted by molar-refractivity contribution is 7.26. The number of aryl methyl sites for hydroxylation is 1. The summed E-state index contributed by atoms with van der Waals surface area (Å²) in [6, 6.07) is 51.6. The van der Waals surface area contributed by atoms with E-state index in [1.54, 1.807) is 0 Å². The van der Waals surface area contributed by atoms with E-state index in [1.165, 1.54) is 86.2 Å². The third-order valence-corrected chi connectivity index (χ3v) is 10.4. The Morgan fingerprint density at radius 1 is 0.442 bits per heavy atom. The minimum Gasteiger partial charge on any atom is -0.135 e. The van der Waals surface area contributed by atoms with Gasteiger partial charge in [0.05, 0.1) is 0 Å². The summed E-state index contributed by atoms with van der Waals surface area (Å²) in [5.41, 5.74) is 10.8. The van der Waals surface area contributed by atoms with Gasteiger partial charge in [0.2, 0.25) is 0 Å². The quantitative estimate of drug-likeness (QED) is 0.187. The zero-order valence-corrected chi connectivity index (χ0v) is 24.5. The summed E-state index contributed by atoms with van der Waals surface area (Å²) in [7, 11) is 0. The highest BCUT2D eigenvalue weighted by atomic mass is 32.1. The van der Waals surface area contributed by atoms with Gasteiger partial charge in [-0.3, -0.25) is 0 Å². The molecule has 1 aromatic heterocycles. The van der Waals surface area contributed by atoms with Gasteiger partial charge in [-0.15, -0.1) is 11.3 Å². The topological polar surface area (TPSA) is 0 Å². The van der Waals surface area contributed by atoms with E-state index in [1.807, 2.05) is 11.3 Å². The van der Waals surface area contributed by atoms with Crippen LogP contribution in [0.2, 0.25) is 0 Å². The lowest BCUT2D eigenvalue weighted by Crippen LogP contribution is -2.01. The highest BCUT2D eigenvalue weighted by Gasteiger charge is 2.20. The maximum absolute atomic E-state index is 2.43. The lowest BCUT2D eigenvalue weighted by molar-refractivity contribution is 1.00. The largest absolute Gasteiger partial charge is 0.135 e. The van der Waals surface area contributed by atoms with Crippen molar-refractivity contribution in [1.82, 2.24) is 0 Å². The van der Waals surface area contributed by atoms with Crippen LogP contribution in [0.15, 0.2) is 140 Å². The number of hydrogen-bond acceptors (Lipinski definition) is 1. The van der Waals surface area contributed by atoms with Crippen molar-refractivity contribution in [3.8, 4) is 22.3 Å². The van der Waals surface area contributed by atoms with Gasteiger partial charge in [0.15, 0.2) is 0 Å². The van der Waals surface area contributed by atoms with Crippen LogP contribution in [-0.2, 0) is 6.42 Å². The maximum atomic E-state index is 2.43. The number of thiophene rings is 1. The first-order valence-corrected chi connectivity index (χ1v) is 15.9. The number of fused-ring (bicyclic) bond motifs is 6. The molecule has 1 aliphatic rings. The molecule has 7 aromatic carbocycles. The van der Waals surface area contributed by atoms with Crippen LogP contribution in [0.1, 0.15) is 23.1 Å². The fourth-order valence-corrected chi connectivity index (χ4v) is 8.47. The number of rotatable bonds is 3. The third kappa shape index (κ3) is 3.89. The molecule has 0 amide bonds. The molecule has 0 aliphatic heterocycles. The SMILES string of the molecule is C1=C(c2c3ccccc3c(-c3cccc(-c4cccc5c4sc4ccccc45)c3)c3ccccc23)CCc2ccccc21. The molecular weight excluding hydrogens is 537 g/mol. The molecule has 0 bridgehead atoms. The van der Waals surface area contributed by atoms with Crippen molar-refractivity contribution < 1.29 is 0 Å². The van der Waals surface area contributed by atoms with Crippen LogP contribution in [0.4, 0.5) is 0 Å². The van der Waals surface area contributed by atoms with Crippen LogP contribution >= 0.6 is 11.3 Å². The maximum Gasteiger partial charge on any atom is 0.0433 e. The number of benzene rings is 7. The summed E-state index contributed by atoms with van der Waals surface area (Å²) in [6.45, 7) is 0. The average Bonchev–Trinajstić information content (AvgIpc) is 3.46. The predicted molar refractivity (Wildman–Crippen MR) is 188 cm³/mol. The molecule has 0 nitrogen and oxygen atoms in total. The van der Waals surface area contributed by atoms with Gasteiger partial charge in [0, 0.05) is 20.2 Å². The molecular formula is C42H28S. The summed E-state index contributed by atoms with van der Waals surface area (Å²) in [6.07, 6.45) is 4.57. The van der Waals surface area contributed by atoms with Crippen molar-refractivity contribution in [3.63, 3.8) is 0 Å². The fourth-order valence-electron chi connectivity index (χ4n) is 7.23. The lowest BCUT2D eigenvalue weighted by Gasteiger charge is -2.22. The van der Waals surface area contributed by atoms with Gasteiger partial charge in [-0.25, -0.2) is 0 Å². The van der Waals surface area contributed by atoms with Crippen molar-refractivity contribution in [2.75, 3.05) is 0 Å². The highest BCUT2D eigenvalue weighted by Crippen LogP contribution is 2.46. The van der Waals surface area contributed by atoms with E-state index in [-0.39, 0.29) is 0 Å². The van der Waals surface area contributed by atoms with Crippen LogP contribution < -0.4 is 0 Å². The molecule has 1 heterocycles. The molecule has 43 heavy (non-hydrogen) atoms. The van der Waals surface area contributed by atoms with Crippen LogP contribution in [-0.4, -0.2) is 0 Å². The molecule has 0 fully saturated rings. The Morgan fingerprint density at radius 3 is 1.84 bits per heavy atom. The minimum atomic E-state index is 1.05. The zero-order chi connectivity index (χ0) is 28.3. The Morgan fingerprint density at radius 2 is 1.05 bits per heavy atom. The van der Waals surface area contributed by atoms with Gasteiger partial charge in [0.25, 0.3) is 0 Å². The van der Waals surface area contributed by atoms with Gasteiger partial charge in [-0.2, -0.15) is 0 Å². The Kier molecular flexibility index (Phi) is 5.61. The Balaban J connectivity index is 1.29.